The van der Waals surface area contributed by atoms with Gasteiger partial charge in [-0.2, -0.15) is 0 Å². The second kappa shape index (κ2) is 5.21. The summed E-state index contributed by atoms with van der Waals surface area (Å²) in [7, 11) is 0. The molecular weight excluding hydrogens is 200 g/mol. The first kappa shape index (κ1) is 11.3. The molecule has 16 heavy (non-hydrogen) atoms. The average Bonchev–Trinajstić information content (AvgIpc) is 2.67. The minimum atomic E-state index is 0.309. The van der Waals surface area contributed by atoms with Gasteiger partial charge in [0.05, 0.1) is 0 Å². The smallest absolute Gasteiger partial charge is 0.0431 e. The number of aliphatic hydroxyl groups excluding tert-OH is 1. The summed E-state index contributed by atoms with van der Waals surface area (Å²) in [6.07, 6.45) is 4.30. The number of rotatable bonds is 5. The van der Waals surface area contributed by atoms with Gasteiger partial charge in [-0.1, -0.05) is 6.07 Å². The van der Waals surface area contributed by atoms with Crippen molar-refractivity contribution >= 4 is 11.4 Å². The maximum Gasteiger partial charge on any atom is 0.0431 e. The summed E-state index contributed by atoms with van der Waals surface area (Å²) >= 11 is 0. The molecule has 0 aliphatic carbocycles. The first-order chi connectivity index (χ1) is 7.81. The van der Waals surface area contributed by atoms with E-state index in [4.69, 9.17) is 10.8 Å². The largest absolute Gasteiger partial charge is 0.399 e. The first-order valence-corrected chi connectivity index (χ1v) is 6.05. The van der Waals surface area contributed by atoms with Gasteiger partial charge in [-0.25, -0.2) is 0 Å². The van der Waals surface area contributed by atoms with Crippen molar-refractivity contribution in [1.29, 1.82) is 0 Å². The Bertz CT molecular complexity index is 352. The highest BCUT2D eigenvalue weighted by molar-refractivity contribution is 5.64. The molecule has 1 aromatic rings. The van der Waals surface area contributed by atoms with Crippen LogP contribution in [0.25, 0.3) is 0 Å². The molecular formula is C13H20N2O. The molecule has 1 aromatic carbocycles. The van der Waals surface area contributed by atoms with Crippen molar-refractivity contribution in [2.75, 3.05) is 30.3 Å². The lowest BCUT2D eigenvalue weighted by Gasteiger charge is -2.19. The standard InChI is InChI=1S/C13H20N2O/c14-12-5-4-11-6-8-15(13(11)10-12)7-2-1-3-9-16/h4-5,10,16H,1-3,6-9,14H2. The van der Waals surface area contributed by atoms with E-state index in [2.05, 4.69) is 17.0 Å². The van der Waals surface area contributed by atoms with Crippen LogP contribution in [-0.4, -0.2) is 24.8 Å². The molecule has 1 aliphatic heterocycles. The maximum atomic E-state index is 8.72. The highest BCUT2D eigenvalue weighted by atomic mass is 16.2. The van der Waals surface area contributed by atoms with Crippen LogP contribution >= 0.6 is 0 Å². The lowest BCUT2D eigenvalue weighted by Crippen LogP contribution is -2.21. The van der Waals surface area contributed by atoms with E-state index in [1.165, 1.54) is 11.3 Å². The van der Waals surface area contributed by atoms with Gasteiger partial charge >= 0.3 is 0 Å². The number of aliphatic hydroxyl groups is 1. The van der Waals surface area contributed by atoms with Crippen LogP contribution in [0.2, 0.25) is 0 Å². The fourth-order valence-corrected chi connectivity index (χ4v) is 2.29. The molecule has 0 aromatic heterocycles. The summed E-state index contributed by atoms with van der Waals surface area (Å²) in [4.78, 5) is 2.41. The van der Waals surface area contributed by atoms with E-state index in [1.807, 2.05) is 6.07 Å². The Balaban J connectivity index is 1.92. The second-order valence-electron chi connectivity index (χ2n) is 4.41. The highest BCUT2D eigenvalue weighted by Crippen LogP contribution is 2.29. The van der Waals surface area contributed by atoms with Gasteiger partial charge in [0.2, 0.25) is 0 Å². The molecule has 1 aliphatic rings. The number of unbranched alkanes of at least 4 members (excludes halogenated alkanes) is 2. The van der Waals surface area contributed by atoms with Crippen LogP contribution < -0.4 is 10.6 Å². The van der Waals surface area contributed by atoms with Crippen molar-refractivity contribution < 1.29 is 5.11 Å². The summed E-state index contributed by atoms with van der Waals surface area (Å²) in [5, 5.41) is 8.72. The Morgan fingerprint density at radius 2 is 2.12 bits per heavy atom. The van der Waals surface area contributed by atoms with Crippen molar-refractivity contribution in [3.8, 4) is 0 Å². The molecule has 0 bridgehead atoms. The molecule has 88 valence electrons. The Morgan fingerprint density at radius 1 is 1.25 bits per heavy atom. The summed E-state index contributed by atoms with van der Waals surface area (Å²) in [6.45, 7) is 2.50. The quantitative estimate of drug-likeness (QED) is 0.587. The molecule has 3 N–H and O–H groups in total. The third-order valence-corrected chi connectivity index (χ3v) is 3.19. The molecule has 0 amide bonds. The molecule has 3 nitrogen and oxygen atoms in total. The summed E-state index contributed by atoms with van der Waals surface area (Å²) in [5.74, 6) is 0. The highest BCUT2D eigenvalue weighted by Gasteiger charge is 2.18. The van der Waals surface area contributed by atoms with Gasteiger partial charge in [-0.15, -0.1) is 0 Å². The Kier molecular flexibility index (Phi) is 3.67. The van der Waals surface area contributed by atoms with Crippen LogP contribution in [-0.2, 0) is 6.42 Å². The first-order valence-electron chi connectivity index (χ1n) is 6.05. The Morgan fingerprint density at radius 3 is 2.94 bits per heavy atom. The van der Waals surface area contributed by atoms with Gasteiger partial charge in [-0.3, -0.25) is 0 Å². The average molecular weight is 220 g/mol. The van der Waals surface area contributed by atoms with Crippen LogP contribution in [0.15, 0.2) is 18.2 Å². The summed E-state index contributed by atoms with van der Waals surface area (Å²) < 4.78 is 0. The van der Waals surface area contributed by atoms with Gasteiger partial charge < -0.3 is 15.7 Å². The molecule has 0 saturated carbocycles. The lowest BCUT2D eigenvalue weighted by atomic mass is 10.1. The molecule has 0 radical (unpaired) electrons. The van der Waals surface area contributed by atoms with Gasteiger partial charge in [0.15, 0.2) is 0 Å². The minimum absolute atomic E-state index is 0.309. The SMILES string of the molecule is Nc1ccc2c(c1)N(CCCCCO)CC2. The molecule has 0 spiro atoms. The Hall–Kier alpha value is -1.22. The van der Waals surface area contributed by atoms with Gasteiger partial charge in [0.25, 0.3) is 0 Å². The summed E-state index contributed by atoms with van der Waals surface area (Å²) in [5.41, 5.74) is 9.38. The van der Waals surface area contributed by atoms with E-state index in [9.17, 15) is 0 Å². The molecule has 3 heteroatoms. The normalized spacial score (nSPS) is 14.2. The number of nitrogens with zero attached hydrogens (tertiary/aromatic N) is 1. The number of nitrogen functional groups attached to an aromatic ring is 1. The topological polar surface area (TPSA) is 49.5 Å². The third kappa shape index (κ3) is 2.47. The van der Waals surface area contributed by atoms with E-state index in [0.717, 1.165) is 44.5 Å². The number of anilines is 2. The van der Waals surface area contributed by atoms with Crippen molar-refractivity contribution in [3.63, 3.8) is 0 Å². The molecule has 0 fully saturated rings. The number of hydrogen-bond acceptors (Lipinski definition) is 3. The number of hydrogen-bond donors (Lipinski definition) is 2. The van der Waals surface area contributed by atoms with E-state index in [-0.39, 0.29) is 0 Å². The molecule has 0 atom stereocenters. The molecule has 2 rings (SSSR count). The zero-order valence-corrected chi connectivity index (χ0v) is 9.65. The second-order valence-corrected chi connectivity index (χ2v) is 4.41. The third-order valence-electron chi connectivity index (χ3n) is 3.19. The Labute approximate surface area is 96.9 Å². The van der Waals surface area contributed by atoms with Crippen LogP contribution in [0.4, 0.5) is 11.4 Å². The van der Waals surface area contributed by atoms with Crippen molar-refractivity contribution in [2.24, 2.45) is 0 Å². The van der Waals surface area contributed by atoms with E-state index in [1.54, 1.807) is 0 Å². The predicted octanol–water partition coefficient (Wildman–Crippen LogP) is 1.79. The zero-order valence-electron chi connectivity index (χ0n) is 9.65. The number of nitrogens with two attached hydrogens (primary N) is 1. The molecule has 1 heterocycles. The van der Waals surface area contributed by atoms with Gasteiger partial charge in [0.1, 0.15) is 0 Å². The van der Waals surface area contributed by atoms with E-state index < -0.39 is 0 Å². The fourth-order valence-electron chi connectivity index (χ4n) is 2.29. The summed E-state index contributed by atoms with van der Waals surface area (Å²) in [6, 6.07) is 6.20. The minimum Gasteiger partial charge on any atom is -0.399 e. The van der Waals surface area contributed by atoms with Crippen LogP contribution in [0.5, 0.6) is 0 Å². The van der Waals surface area contributed by atoms with Crippen molar-refractivity contribution in [1.82, 2.24) is 0 Å². The zero-order chi connectivity index (χ0) is 11.4. The van der Waals surface area contributed by atoms with E-state index >= 15 is 0 Å². The van der Waals surface area contributed by atoms with Crippen LogP contribution in [0.3, 0.4) is 0 Å². The number of benzene rings is 1. The lowest BCUT2D eigenvalue weighted by molar-refractivity contribution is 0.283. The van der Waals surface area contributed by atoms with Crippen LogP contribution in [0, 0.1) is 0 Å². The van der Waals surface area contributed by atoms with Crippen molar-refractivity contribution in [2.45, 2.75) is 25.7 Å². The molecule has 0 unspecified atom stereocenters. The number of fused-ring (bicyclic) bond motifs is 1. The van der Waals surface area contributed by atoms with Gasteiger partial charge in [0, 0.05) is 31.1 Å². The predicted molar refractivity (Wildman–Crippen MR) is 67.7 cm³/mol. The van der Waals surface area contributed by atoms with Crippen molar-refractivity contribution in [3.05, 3.63) is 23.8 Å². The monoisotopic (exact) mass is 220 g/mol. The van der Waals surface area contributed by atoms with E-state index in [0.29, 0.717) is 6.61 Å². The maximum absolute atomic E-state index is 8.72. The van der Waals surface area contributed by atoms with Crippen LogP contribution in [0.1, 0.15) is 24.8 Å². The molecule has 0 saturated heterocycles. The van der Waals surface area contributed by atoms with Gasteiger partial charge in [-0.05, 0) is 43.4 Å². The fraction of sp³-hybridized carbons (Fsp3) is 0.538.